The number of nitrogens with zero attached hydrogens (tertiary/aromatic N) is 3. The number of ether oxygens (including phenoxy) is 2. The zero-order valence-corrected chi connectivity index (χ0v) is 16.7. The van der Waals surface area contributed by atoms with Crippen molar-refractivity contribution in [2.75, 3.05) is 12.1 Å². The predicted octanol–water partition coefficient (Wildman–Crippen LogP) is 4.00. The maximum absolute atomic E-state index is 8.79. The van der Waals surface area contributed by atoms with Crippen LogP contribution in [0.3, 0.4) is 0 Å². The van der Waals surface area contributed by atoms with Crippen molar-refractivity contribution in [3.05, 3.63) is 54.9 Å². The van der Waals surface area contributed by atoms with Crippen LogP contribution in [0.5, 0.6) is 11.5 Å². The maximum Gasteiger partial charge on any atom is 0.149 e. The zero-order valence-electron chi connectivity index (χ0n) is 15.5. The highest BCUT2D eigenvalue weighted by Crippen LogP contribution is 2.26. The lowest BCUT2D eigenvalue weighted by Gasteiger charge is -2.10. The summed E-state index contributed by atoms with van der Waals surface area (Å²) in [6.07, 6.45) is 3.32. The third-order valence-corrected chi connectivity index (χ3v) is 5.40. The van der Waals surface area contributed by atoms with Crippen molar-refractivity contribution in [1.82, 2.24) is 14.8 Å². The molecule has 0 saturated heterocycles. The highest BCUT2D eigenvalue weighted by atomic mass is 28.3. The summed E-state index contributed by atoms with van der Waals surface area (Å²) >= 11 is 0. The van der Waals surface area contributed by atoms with Crippen molar-refractivity contribution in [2.45, 2.75) is 25.9 Å². The Balaban J connectivity index is 1.62. The van der Waals surface area contributed by atoms with Gasteiger partial charge in [0.05, 0.1) is 11.9 Å². The smallest absolute Gasteiger partial charge is 0.149 e. The molecule has 0 aliphatic heterocycles. The molecule has 1 aromatic carbocycles. The molecular formula is C19H24N4O3Si. The van der Waals surface area contributed by atoms with Gasteiger partial charge < -0.3 is 9.47 Å². The van der Waals surface area contributed by atoms with E-state index in [0.717, 1.165) is 17.9 Å². The number of benzene rings is 1. The third kappa shape index (κ3) is 5.39. The lowest BCUT2D eigenvalue weighted by molar-refractivity contribution is 0.0801. The molecular weight excluding hydrogens is 360 g/mol. The van der Waals surface area contributed by atoms with E-state index in [1.807, 2.05) is 40.5 Å². The van der Waals surface area contributed by atoms with Crippen molar-refractivity contribution in [3.63, 3.8) is 0 Å². The van der Waals surface area contributed by atoms with Crippen LogP contribution < -0.4 is 10.2 Å². The number of nitrogens with one attached hydrogen (secondary N) is 1. The Kier molecular flexibility index (Phi) is 6.58. The minimum Gasteiger partial charge on any atom is -0.456 e. The molecule has 0 amide bonds. The second kappa shape index (κ2) is 9.31. The van der Waals surface area contributed by atoms with Crippen molar-refractivity contribution >= 4 is 14.6 Å². The van der Waals surface area contributed by atoms with E-state index in [2.05, 4.69) is 23.2 Å². The average molecular weight is 385 g/mol. The van der Waals surface area contributed by atoms with E-state index >= 15 is 0 Å². The van der Waals surface area contributed by atoms with Crippen molar-refractivity contribution in [3.8, 4) is 22.8 Å². The fourth-order valence-corrected chi connectivity index (χ4v) is 3.13. The minimum absolute atomic E-state index is 0.365. The highest BCUT2D eigenvalue weighted by molar-refractivity contribution is 6.55. The normalized spacial score (nSPS) is 11.0. The first-order valence-corrected chi connectivity index (χ1v) is 12.0. The van der Waals surface area contributed by atoms with Gasteiger partial charge in [-0.25, -0.2) is 9.67 Å². The SMILES string of the molecule is C[SiH](C)CCOCn1nccc1-c1ccc(Oc2ccc(NO)nc2)cc1. The van der Waals surface area contributed by atoms with Gasteiger partial charge in [-0.15, -0.1) is 0 Å². The molecule has 2 N–H and O–H groups in total. The van der Waals surface area contributed by atoms with E-state index in [4.69, 9.17) is 14.7 Å². The Hall–Kier alpha value is -2.68. The maximum atomic E-state index is 8.79. The van der Waals surface area contributed by atoms with Crippen LogP contribution in [0.4, 0.5) is 5.82 Å². The van der Waals surface area contributed by atoms with Crippen LogP contribution in [0, 0.1) is 0 Å². The summed E-state index contributed by atoms with van der Waals surface area (Å²) in [6, 6.07) is 14.3. The first-order valence-electron chi connectivity index (χ1n) is 8.89. The first kappa shape index (κ1) is 19.1. The molecule has 3 aromatic rings. The Bertz CT molecular complexity index is 835. The fraction of sp³-hybridized carbons (Fsp3) is 0.263. The summed E-state index contributed by atoms with van der Waals surface area (Å²) in [7, 11) is -0.582. The standard InChI is InChI=1S/C19H24N4O3Si/c1-27(2)12-11-25-14-23-18(9-10-21-23)15-3-5-16(6-4-15)26-17-7-8-19(22-24)20-13-17/h3-10,13,24,27H,11-12,14H2,1-2H3,(H,20,22). The molecule has 0 spiro atoms. The molecule has 2 heterocycles. The first-order chi connectivity index (χ1) is 13.2. The molecule has 0 fully saturated rings. The van der Waals surface area contributed by atoms with E-state index in [0.29, 0.717) is 24.0 Å². The Labute approximate surface area is 160 Å². The van der Waals surface area contributed by atoms with E-state index in [1.54, 1.807) is 24.5 Å². The molecule has 0 bridgehead atoms. The van der Waals surface area contributed by atoms with Crippen molar-refractivity contribution < 1.29 is 14.7 Å². The van der Waals surface area contributed by atoms with Gasteiger partial charge in [-0.3, -0.25) is 10.7 Å². The van der Waals surface area contributed by atoms with Gasteiger partial charge in [0.1, 0.15) is 24.0 Å². The van der Waals surface area contributed by atoms with E-state index in [1.165, 1.54) is 6.04 Å². The minimum atomic E-state index is -0.582. The molecule has 0 aliphatic carbocycles. The van der Waals surface area contributed by atoms with Crippen LogP contribution in [-0.4, -0.2) is 35.4 Å². The van der Waals surface area contributed by atoms with Gasteiger partial charge in [0.25, 0.3) is 0 Å². The number of hydrogen-bond donors (Lipinski definition) is 2. The summed E-state index contributed by atoms with van der Waals surface area (Å²) in [6.45, 7) is 5.88. The number of rotatable bonds is 9. The van der Waals surface area contributed by atoms with Crippen molar-refractivity contribution in [2.24, 2.45) is 0 Å². The van der Waals surface area contributed by atoms with Gasteiger partial charge in [-0.2, -0.15) is 5.10 Å². The van der Waals surface area contributed by atoms with Crippen LogP contribution in [0.1, 0.15) is 0 Å². The molecule has 7 nitrogen and oxygen atoms in total. The number of pyridine rings is 1. The average Bonchev–Trinajstić information content (AvgIpc) is 3.15. The van der Waals surface area contributed by atoms with E-state index in [-0.39, 0.29) is 0 Å². The predicted molar refractivity (Wildman–Crippen MR) is 107 cm³/mol. The monoisotopic (exact) mass is 384 g/mol. The summed E-state index contributed by atoms with van der Waals surface area (Å²) < 4.78 is 13.4. The van der Waals surface area contributed by atoms with Crippen LogP contribution in [0.2, 0.25) is 19.1 Å². The largest absolute Gasteiger partial charge is 0.456 e. The van der Waals surface area contributed by atoms with Gasteiger partial charge in [0.2, 0.25) is 0 Å². The number of anilines is 1. The third-order valence-electron chi connectivity index (χ3n) is 4.01. The summed E-state index contributed by atoms with van der Waals surface area (Å²) in [4.78, 5) is 4.00. The molecule has 0 aliphatic rings. The van der Waals surface area contributed by atoms with Crippen molar-refractivity contribution in [1.29, 1.82) is 0 Å². The van der Waals surface area contributed by atoms with E-state index in [9.17, 15) is 0 Å². The molecule has 0 unspecified atom stereocenters. The van der Waals surface area contributed by atoms with Crippen LogP contribution in [-0.2, 0) is 11.5 Å². The molecule has 0 saturated carbocycles. The van der Waals surface area contributed by atoms with Gasteiger partial charge >= 0.3 is 0 Å². The molecule has 0 atom stereocenters. The van der Waals surface area contributed by atoms with Gasteiger partial charge in [-0.05, 0) is 48.5 Å². The fourth-order valence-electron chi connectivity index (χ4n) is 2.49. The lowest BCUT2D eigenvalue weighted by atomic mass is 10.1. The van der Waals surface area contributed by atoms with Crippen LogP contribution in [0.25, 0.3) is 11.3 Å². The quantitative estimate of drug-likeness (QED) is 0.330. The Morgan fingerprint density at radius 1 is 1.07 bits per heavy atom. The van der Waals surface area contributed by atoms with Gasteiger partial charge in [-0.1, -0.05) is 13.1 Å². The van der Waals surface area contributed by atoms with Gasteiger partial charge in [0.15, 0.2) is 0 Å². The van der Waals surface area contributed by atoms with Gasteiger partial charge in [0, 0.05) is 27.2 Å². The highest BCUT2D eigenvalue weighted by Gasteiger charge is 2.07. The molecule has 2 aromatic heterocycles. The number of aromatic nitrogens is 3. The topological polar surface area (TPSA) is 81.4 Å². The van der Waals surface area contributed by atoms with E-state index < -0.39 is 8.80 Å². The summed E-state index contributed by atoms with van der Waals surface area (Å²) in [5.74, 6) is 1.66. The molecule has 3 rings (SSSR count). The lowest BCUT2D eigenvalue weighted by Crippen LogP contribution is -2.10. The second-order valence-electron chi connectivity index (χ2n) is 6.55. The van der Waals surface area contributed by atoms with Crippen LogP contribution >= 0.6 is 0 Å². The Morgan fingerprint density at radius 3 is 2.52 bits per heavy atom. The molecule has 142 valence electrons. The summed E-state index contributed by atoms with van der Waals surface area (Å²) in [5.41, 5.74) is 4.03. The molecule has 27 heavy (non-hydrogen) atoms. The molecule has 0 radical (unpaired) electrons. The Morgan fingerprint density at radius 2 is 1.85 bits per heavy atom. The second-order valence-corrected chi connectivity index (χ2v) is 9.92. The number of hydrogen-bond acceptors (Lipinski definition) is 6. The van der Waals surface area contributed by atoms with Crippen LogP contribution in [0.15, 0.2) is 54.9 Å². The zero-order chi connectivity index (χ0) is 19.1. The molecule has 8 heteroatoms. The summed E-state index contributed by atoms with van der Waals surface area (Å²) in [5, 5.41) is 13.1.